The SMILES string of the molecule is CNC(=O)C(=O)NCCN1CCN(Cc2ccc(Cl)cc2Cl)CC1. The van der Waals surface area contributed by atoms with Crippen LogP contribution in [0.1, 0.15) is 5.56 Å². The van der Waals surface area contributed by atoms with Crippen molar-refractivity contribution >= 4 is 35.0 Å². The van der Waals surface area contributed by atoms with E-state index in [9.17, 15) is 9.59 Å². The highest BCUT2D eigenvalue weighted by molar-refractivity contribution is 6.35. The Bertz CT molecular complexity index is 589. The first-order valence-corrected chi connectivity index (χ1v) is 8.63. The largest absolute Gasteiger partial charge is 0.351 e. The molecule has 2 amide bonds. The molecule has 1 saturated heterocycles. The summed E-state index contributed by atoms with van der Waals surface area (Å²) in [6.07, 6.45) is 0. The lowest BCUT2D eigenvalue weighted by atomic mass is 10.2. The van der Waals surface area contributed by atoms with E-state index in [-0.39, 0.29) is 0 Å². The van der Waals surface area contributed by atoms with Crippen molar-refractivity contribution in [3.05, 3.63) is 33.8 Å². The summed E-state index contributed by atoms with van der Waals surface area (Å²) in [4.78, 5) is 27.1. The lowest BCUT2D eigenvalue weighted by Gasteiger charge is -2.34. The predicted octanol–water partition coefficient (Wildman–Crippen LogP) is 0.973. The summed E-state index contributed by atoms with van der Waals surface area (Å²) >= 11 is 12.1. The van der Waals surface area contributed by atoms with E-state index < -0.39 is 11.8 Å². The number of carbonyl (C=O) groups is 2. The van der Waals surface area contributed by atoms with Crippen molar-refractivity contribution in [3.63, 3.8) is 0 Å². The molecule has 0 aromatic heterocycles. The van der Waals surface area contributed by atoms with E-state index in [1.807, 2.05) is 12.1 Å². The Balaban J connectivity index is 1.70. The summed E-state index contributed by atoms with van der Waals surface area (Å²) in [5.41, 5.74) is 1.08. The van der Waals surface area contributed by atoms with Crippen molar-refractivity contribution in [1.29, 1.82) is 0 Å². The number of carbonyl (C=O) groups excluding carboxylic acids is 2. The predicted molar refractivity (Wildman–Crippen MR) is 95.3 cm³/mol. The van der Waals surface area contributed by atoms with Crippen LogP contribution in [-0.2, 0) is 16.1 Å². The van der Waals surface area contributed by atoms with Gasteiger partial charge < -0.3 is 10.6 Å². The number of halogens is 2. The van der Waals surface area contributed by atoms with Gasteiger partial charge in [0.05, 0.1) is 0 Å². The average Bonchev–Trinajstić information content (AvgIpc) is 2.58. The van der Waals surface area contributed by atoms with Gasteiger partial charge >= 0.3 is 11.8 Å². The quantitative estimate of drug-likeness (QED) is 0.756. The zero-order chi connectivity index (χ0) is 17.5. The van der Waals surface area contributed by atoms with Crippen LogP contribution in [0.2, 0.25) is 10.0 Å². The second kappa shape index (κ2) is 9.22. The van der Waals surface area contributed by atoms with Gasteiger partial charge in [0, 0.05) is 62.9 Å². The standard InChI is InChI=1S/C16H22Cl2N4O2/c1-19-15(23)16(24)20-4-5-21-6-8-22(9-7-21)11-12-2-3-13(17)10-14(12)18/h2-3,10H,4-9,11H2,1H3,(H,19,23)(H,20,24). The molecule has 1 aromatic carbocycles. The zero-order valence-electron chi connectivity index (χ0n) is 13.6. The summed E-state index contributed by atoms with van der Waals surface area (Å²) < 4.78 is 0. The molecule has 24 heavy (non-hydrogen) atoms. The normalized spacial score (nSPS) is 16.0. The number of rotatable bonds is 5. The van der Waals surface area contributed by atoms with Gasteiger partial charge in [-0.1, -0.05) is 29.3 Å². The van der Waals surface area contributed by atoms with Gasteiger partial charge in [-0.15, -0.1) is 0 Å². The molecular formula is C16H22Cl2N4O2. The summed E-state index contributed by atoms with van der Waals surface area (Å²) in [6, 6.07) is 5.59. The van der Waals surface area contributed by atoms with Gasteiger partial charge in [0.1, 0.15) is 0 Å². The fourth-order valence-corrected chi connectivity index (χ4v) is 3.05. The molecule has 6 nitrogen and oxygen atoms in total. The Kier molecular flexibility index (Phi) is 7.30. The maximum Gasteiger partial charge on any atom is 0.309 e. The van der Waals surface area contributed by atoms with E-state index in [2.05, 4.69) is 20.4 Å². The van der Waals surface area contributed by atoms with Crippen LogP contribution in [0.5, 0.6) is 0 Å². The third-order valence-electron chi connectivity index (χ3n) is 4.02. The summed E-state index contributed by atoms with van der Waals surface area (Å²) in [6.45, 7) is 5.71. The van der Waals surface area contributed by atoms with Crippen LogP contribution in [0, 0.1) is 0 Å². The van der Waals surface area contributed by atoms with Crippen LogP contribution >= 0.6 is 23.2 Å². The number of hydrogen-bond acceptors (Lipinski definition) is 4. The third-order valence-corrected chi connectivity index (χ3v) is 4.61. The van der Waals surface area contributed by atoms with Crippen LogP contribution in [-0.4, -0.2) is 67.9 Å². The Labute approximate surface area is 152 Å². The molecule has 2 N–H and O–H groups in total. The molecule has 1 aliphatic heterocycles. The van der Waals surface area contributed by atoms with E-state index in [0.717, 1.165) is 44.8 Å². The van der Waals surface area contributed by atoms with Crippen molar-refractivity contribution < 1.29 is 9.59 Å². The molecule has 0 spiro atoms. The molecule has 0 unspecified atom stereocenters. The summed E-state index contributed by atoms with van der Waals surface area (Å²) in [7, 11) is 1.44. The van der Waals surface area contributed by atoms with E-state index in [0.29, 0.717) is 16.6 Å². The van der Waals surface area contributed by atoms with E-state index in [1.54, 1.807) is 6.07 Å². The van der Waals surface area contributed by atoms with Crippen LogP contribution in [0.25, 0.3) is 0 Å². The van der Waals surface area contributed by atoms with Crippen LogP contribution in [0.4, 0.5) is 0 Å². The van der Waals surface area contributed by atoms with Crippen molar-refractivity contribution in [1.82, 2.24) is 20.4 Å². The van der Waals surface area contributed by atoms with Crippen molar-refractivity contribution in [2.45, 2.75) is 6.54 Å². The molecule has 0 saturated carbocycles. The number of nitrogens with one attached hydrogen (secondary N) is 2. The minimum atomic E-state index is -0.611. The van der Waals surface area contributed by atoms with Gasteiger partial charge in [0.2, 0.25) is 0 Å². The van der Waals surface area contributed by atoms with Crippen LogP contribution in [0.3, 0.4) is 0 Å². The number of piperazine rings is 1. The number of hydrogen-bond donors (Lipinski definition) is 2. The van der Waals surface area contributed by atoms with E-state index in [1.165, 1.54) is 7.05 Å². The molecule has 132 valence electrons. The van der Waals surface area contributed by atoms with Gasteiger partial charge in [-0.3, -0.25) is 19.4 Å². The summed E-state index contributed by atoms with van der Waals surface area (Å²) in [5, 5.41) is 6.25. The molecule has 1 heterocycles. The maximum absolute atomic E-state index is 11.4. The number of nitrogens with zero attached hydrogens (tertiary/aromatic N) is 2. The van der Waals surface area contributed by atoms with Crippen molar-refractivity contribution in [3.8, 4) is 0 Å². The van der Waals surface area contributed by atoms with E-state index in [4.69, 9.17) is 23.2 Å². The average molecular weight is 373 g/mol. The highest BCUT2D eigenvalue weighted by atomic mass is 35.5. The summed E-state index contributed by atoms with van der Waals surface area (Å²) in [5.74, 6) is -1.20. The number of likely N-dealkylation sites (N-methyl/N-ethyl adjacent to an activating group) is 1. The molecule has 8 heteroatoms. The molecule has 0 radical (unpaired) electrons. The molecule has 0 atom stereocenters. The Morgan fingerprint density at radius 2 is 1.75 bits per heavy atom. The third kappa shape index (κ3) is 5.63. The van der Waals surface area contributed by atoms with Gasteiger partial charge in [0.15, 0.2) is 0 Å². The Morgan fingerprint density at radius 3 is 2.38 bits per heavy atom. The smallest absolute Gasteiger partial charge is 0.309 e. The molecule has 0 aliphatic carbocycles. The van der Waals surface area contributed by atoms with Crippen LogP contribution < -0.4 is 10.6 Å². The fourth-order valence-electron chi connectivity index (χ4n) is 2.58. The topological polar surface area (TPSA) is 64.7 Å². The second-order valence-corrected chi connectivity index (χ2v) is 6.53. The minimum absolute atomic E-state index is 0.468. The number of amides is 2. The first-order valence-electron chi connectivity index (χ1n) is 7.88. The molecule has 1 aliphatic rings. The fraction of sp³-hybridized carbons (Fsp3) is 0.500. The molecule has 1 aromatic rings. The van der Waals surface area contributed by atoms with Gasteiger partial charge in [-0.2, -0.15) is 0 Å². The number of benzene rings is 1. The highest BCUT2D eigenvalue weighted by Crippen LogP contribution is 2.22. The van der Waals surface area contributed by atoms with Gasteiger partial charge in [0.25, 0.3) is 0 Å². The first-order chi connectivity index (χ1) is 11.5. The van der Waals surface area contributed by atoms with E-state index >= 15 is 0 Å². The Hall–Kier alpha value is -1.34. The monoisotopic (exact) mass is 372 g/mol. The van der Waals surface area contributed by atoms with Crippen molar-refractivity contribution in [2.24, 2.45) is 0 Å². The van der Waals surface area contributed by atoms with Crippen molar-refractivity contribution in [2.75, 3.05) is 46.3 Å². The van der Waals surface area contributed by atoms with Gasteiger partial charge in [-0.05, 0) is 17.7 Å². The second-order valence-electron chi connectivity index (χ2n) is 5.69. The molecule has 2 rings (SSSR count). The molecule has 0 bridgehead atoms. The molecular weight excluding hydrogens is 351 g/mol. The Morgan fingerprint density at radius 1 is 1.08 bits per heavy atom. The van der Waals surface area contributed by atoms with Crippen LogP contribution in [0.15, 0.2) is 18.2 Å². The minimum Gasteiger partial charge on any atom is -0.351 e. The maximum atomic E-state index is 11.4. The zero-order valence-corrected chi connectivity index (χ0v) is 15.2. The lowest BCUT2D eigenvalue weighted by molar-refractivity contribution is -0.138. The molecule has 1 fully saturated rings. The van der Waals surface area contributed by atoms with Gasteiger partial charge in [-0.25, -0.2) is 0 Å². The first kappa shape index (κ1) is 19.0. The lowest BCUT2D eigenvalue weighted by Crippen LogP contribution is -2.48. The highest BCUT2D eigenvalue weighted by Gasteiger charge is 2.18.